The van der Waals surface area contributed by atoms with E-state index in [1.807, 2.05) is 6.07 Å². The van der Waals surface area contributed by atoms with Gasteiger partial charge < -0.3 is 10.6 Å². The molecule has 1 fully saturated rings. The molecule has 0 aliphatic carbocycles. The van der Waals surface area contributed by atoms with Crippen LogP contribution in [0.5, 0.6) is 0 Å². The van der Waals surface area contributed by atoms with E-state index in [0.717, 1.165) is 19.6 Å². The SMILES string of the molecule is NC(CN1CC(c2ccccc2)C1)c1ccccc1. The van der Waals surface area contributed by atoms with E-state index in [-0.39, 0.29) is 6.04 Å². The average Bonchev–Trinajstić information content (AvgIpc) is 2.44. The van der Waals surface area contributed by atoms with E-state index in [4.69, 9.17) is 5.73 Å². The van der Waals surface area contributed by atoms with E-state index in [1.165, 1.54) is 11.1 Å². The lowest BCUT2D eigenvalue weighted by Gasteiger charge is -2.41. The maximum Gasteiger partial charge on any atom is 0.0424 e. The Morgan fingerprint density at radius 1 is 0.947 bits per heavy atom. The number of hydrogen-bond donors (Lipinski definition) is 1. The summed E-state index contributed by atoms with van der Waals surface area (Å²) in [7, 11) is 0. The second kappa shape index (κ2) is 5.55. The van der Waals surface area contributed by atoms with Gasteiger partial charge in [-0.05, 0) is 11.1 Å². The molecule has 2 N–H and O–H groups in total. The molecule has 3 rings (SSSR count). The first-order valence-corrected chi connectivity index (χ1v) is 6.91. The molecule has 2 aromatic rings. The molecular formula is C17H20N2. The van der Waals surface area contributed by atoms with Gasteiger partial charge in [0, 0.05) is 31.6 Å². The molecule has 0 spiro atoms. The summed E-state index contributed by atoms with van der Waals surface area (Å²) in [6.07, 6.45) is 0. The Morgan fingerprint density at radius 3 is 2.16 bits per heavy atom. The molecule has 2 nitrogen and oxygen atoms in total. The minimum Gasteiger partial charge on any atom is -0.323 e. The number of likely N-dealkylation sites (tertiary alicyclic amines) is 1. The van der Waals surface area contributed by atoms with Gasteiger partial charge >= 0.3 is 0 Å². The van der Waals surface area contributed by atoms with Crippen molar-refractivity contribution in [1.29, 1.82) is 0 Å². The average molecular weight is 252 g/mol. The molecule has 2 aromatic carbocycles. The summed E-state index contributed by atoms with van der Waals surface area (Å²) in [6, 6.07) is 21.2. The second-order valence-electron chi connectivity index (χ2n) is 5.34. The smallest absolute Gasteiger partial charge is 0.0424 e. The van der Waals surface area contributed by atoms with Crippen molar-refractivity contribution in [2.24, 2.45) is 5.73 Å². The van der Waals surface area contributed by atoms with Crippen LogP contribution in [-0.4, -0.2) is 24.5 Å². The normalized spacial score (nSPS) is 17.9. The van der Waals surface area contributed by atoms with Gasteiger partial charge in [0.05, 0.1) is 0 Å². The van der Waals surface area contributed by atoms with Gasteiger partial charge in [-0.3, -0.25) is 0 Å². The van der Waals surface area contributed by atoms with Crippen LogP contribution in [0.3, 0.4) is 0 Å². The molecule has 0 saturated carbocycles. The summed E-state index contributed by atoms with van der Waals surface area (Å²) >= 11 is 0. The van der Waals surface area contributed by atoms with Crippen LogP contribution in [0.1, 0.15) is 23.1 Å². The van der Waals surface area contributed by atoms with Gasteiger partial charge in [-0.15, -0.1) is 0 Å². The quantitative estimate of drug-likeness (QED) is 0.906. The first-order valence-electron chi connectivity index (χ1n) is 6.91. The van der Waals surface area contributed by atoms with Crippen molar-refractivity contribution in [3.8, 4) is 0 Å². The molecule has 0 amide bonds. The molecule has 0 radical (unpaired) electrons. The van der Waals surface area contributed by atoms with Gasteiger partial charge in [-0.2, -0.15) is 0 Å². The Labute approximate surface area is 114 Å². The molecule has 1 heterocycles. The first kappa shape index (κ1) is 12.4. The van der Waals surface area contributed by atoms with Crippen LogP contribution in [0.25, 0.3) is 0 Å². The van der Waals surface area contributed by atoms with Crippen LogP contribution in [0.15, 0.2) is 60.7 Å². The zero-order valence-electron chi connectivity index (χ0n) is 11.1. The number of rotatable bonds is 4. The number of nitrogens with zero attached hydrogens (tertiary/aromatic N) is 1. The van der Waals surface area contributed by atoms with Crippen LogP contribution in [-0.2, 0) is 0 Å². The van der Waals surface area contributed by atoms with E-state index in [1.54, 1.807) is 0 Å². The highest BCUT2D eigenvalue weighted by molar-refractivity contribution is 5.23. The summed E-state index contributed by atoms with van der Waals surface area (Å²) < 4.78 is 0. The van der Waals surface area contributed by atoms with Crippen LogP contribution < -0.4 is 5.73 Å². The third-order valence-electron chi connectivity index (χ3n) is 3.91. The van der Waals surface area contributed by atoms with Gasteiger partial charge in [-0.25, -0.2) is 0 Å². The Balaban J connectivity index is 1.52. The lowest BCUT2D eigenvalue weighted by atomic mass is 9.91. The van der Waals surface area contributed by atoms with Crippen molar-refractivity contribution in [2.45, 2.75) is 12.0 Å². The molecule has 19 heavy (non-hydrogen) atoms. The van der Waals surface area contributed by atoms with E-state index in [9.17, 15) is 0 Å². The molecule has 1 aliphatic rings. The lowest BCUT2D eigenvalue weighted by molar-refractivity contribution is 0.139. The van der Waals surface area contributed by atoms with E-state index in [2.05, 4.69) is 59.5 Å². The summed E-state index contributed by atoms with van der Waals surface area (Å²) in [6.45, 7) is 3.21. The Kier molecular flexibility index (Phi) is 3.62. The molecule has 1 atom stereocenters. The van der Waals surface area contributed by atoms with E-state index in [0.29, 0.717) is 5.92 Å². The van der Waals surface area contributed by atoms with Crippen LogP contribution in [0.4, 0.5) is 0 Å². The maximum absolute atomic E-state index is 6.25. The monoisotopic (exact) mass is 252 g/mol. The van der Waals surface area contributed by atoms with Crippen molar-refractivity contribution >= 4 is 0 Å². The van der Waals surface area contributed by atoms with Crippen LogP contribution >= 0.6 is 0 Å². The number of hydrogen-bond acceptors (Lipinski definition) is 2. The second-order valence-corrected chi connectivity index (χ2v) is 5.34. The van der Waals surface area contributed by atoms with Crippen molar-refractivity contribution < 1.29 is 0 Å². The lowest BCUT2D eigenvalue weighted by Crippen LogP contribution is -2.47. The molecule has 1 saturated heterocycles. The van der Waals surface area contributed by atoms with Gasteiger partial charge in [-0.1, -0.05) is 60.7 Å². The number of nitrogens with two attached hydrogens (primary N) is 1. The number of benzene rings is 2. The van der Waals surface area contributed by atoms with Gasteiger partial charge in [0.25, 0.3) is 0 Å². The van der Waals surface area contributed by atoms with Crippen molar-refractivity contribution in [1.82, 2.24) is 4.90 Å². The highest BCUT2D eigenvalue weighted by Gasteiger charge is 2.28. The fraction of sp³-hybridized carbons (Fsp3) is 0.294. The third-order valence-corrected chi connectivity index (χ3v) is 3.91. The van der Waals surface area contributed by atoms with Crippen molar-refractivity contribution in [3.05, 3.63) is 71.8 Å². The highest BCUT2D eigenvalue weighted by atomic mass is 15.2. The molecule has 2 heteroatoms. The van der Waals surface area contributed by atoms with E-state index < -0.39 is 0 Å². The molecule has 0 aromatic heterocycles. The van der Waals surface area contributed by atoms with Crippen LogP contribution in [0.2, 0.25) is 0 Å². The zero-order chi connectivity index (χ0) is 13.1. The fourth-order valence-corrected chi connectivity index (χ4v) is 2.74. The molecule has 0 bridgehead atoms. The fourth-order valence-electron chi connectivity index (χ4n) is 2.74. The third kappa shape index (κ3) is 2.86. The summed E-state index contributed by atoms with van der Waals surface area (Å²) in [5.74, 6) is 0.684. The summed E-state index contributed by atoms with van der Waals surface area (Å²) in [5.41, 5.74) is 8.93. The summed E-state index contributed by atoms with van der Waals surface area (Å²) in [4.78, 5) is 2.44. The molecule has 1 unspecified atom stereocenters. The zero-order valence-corrected chi connectivity index (χ0v) is 11.1. The van der Waals surface area contributed by atoms with Gasteiger partial charge in [0.2, 0.25) is 0 Å². The molecule has 98 valence electrons. The predicted octanol–water partition coefficient (Wildman–Crippen LogP) is 2.79. The standard InChI is InChI=1S/C17H20N2/c18-17(15-9-5-2-6-10-15)13-19-11-16(12-19)14-7-3-1-4-8-14/h1-10,16-17H,11-13,18H2. The minimum absolute atomic E-state index is 0.123. The molecular weight excluding hydrogens is 232 g/mol. The van der Waals surface area contributed by atoms with E-state index >= 15 is 0 Å². The van der Waals surface area contributed by atoms with Gasteiger partial charge in [0.15, 0.2) is 0 Å². The van der Waals surface area contributed by atoms with Gasteiger partial charge in [0.1, 0.15) is 0 Å². The van der Waals surface area contributed by atoms with Crippen molar-refractivity contribution in [2.75, 3.05) is 19.6 Å². The van der Waals surface area contributed by atoms with Crippen LogP contribution in [0, 0.1) is 0 Å². The maximum atomic E-state index is 6.25. The highest BCUT2D eigenvalue weighted by Crippen LogP contribution is 2.27. The first-order chi connectivity index (χ1) is 9.33. The predicted molar refractivity (Wildman–Crippen MR) is 79.0 cm³/mol. The largest absolute Gasteiger partial charge is 0.323 e. The Morgan fingerprint density at radius 2 is 1.53 bits per heavy atom. The minimum atomic E-state index is 0.123. The van der Waals surface area contributed by atoms with Crippen molar-refractivity contribution in [3.63, 3.8) is 0 Å². The molecule has 1 aliphatic heterocycles. The topological polar surface area (TPSA) is 29.3 Å². The Hall–Kier alpha value is -1.64. The summed E-state index contributed by atoms with van der Waals surface area (Å²) in [5, 5.41) is 0. The Bertz CT molecular complexity index is 503.